The number of nitrogens with two attached hydrogens (primary N) is 1. The van der Waals surface area contributed by atoms with Gasteiger partial charge in [-0.2, -0.15) is 0 Å². The maximum absolute atomic E-state index is 5.47. The second-order valence-electron chi connectivity index (χ2n) is 4.91. The number of hydrogen-bond acceptors (Lipinski definition) is 6. The number of benzene rings is 1. The Morgan fingerprint density at radius 3 is 2.71 bits per heavy atom. The molecule has 0 radical (unpaired) electrons. The number of H-pyrrole nitrogens is 1. The van der Waals surface area contributed by atoms with Gasteiger partial charge in [0.05, 0.1) is 11.0 Å². The summed E-state index contributed by atoms with van der Waals surface area (Å²) in [4.78, 5) is 16.7. The fraction of sp³-hybridized carbons (Fsp3) is 0.214. The number of nitrogens with one attached hydrogen (secondary N) is 2. The van der Waals surface area contributed by atoms with Crippen molar-refractivity contribution in [1.29, 1.82) is 0 Å². The molecule has 0 bridgehead atoms. The van der Waals surface area contributed by atoms with Gasteiger partial charge in [-0.1, -0.05) is 26.0 Å². The second-order valence-corrected chi connectivity index (χ2v) is 5.92. The summed E-state index contributed by atoms with van der Waals surface area (Å²) in [6.07, 6.45) is 0. The lowest BCUT2D eigenvalue weighted by Crippen LogP contribution is -2.11. The number of imidazole rings is 1. The van der Waals surface area contributed by atoms with Crippen LogP contribution in [0.1, 0.15) is 25.6 Å². The van der Waals surface area contributed by atoms with Crippen molar-refractivity contribution in [3.63, 3.8) is 0 Å². The van der Waals surface area contributed by atoms with Crippen molar-refractivity contribution in [3.8, 4) is 0 Å². The molecule has 0 atom stereocenters. The molecule has 2 heterocycles. The third-order valence-electron chi connectivity index (χ3n) is 2.95. The van der Waals surface area contributed by atoms with Crippen LogP contribution in [0.4, 0.5) is 5.82 Å². The van der Waals surface area contributed by atoms with Crippen molar-refractivity contribution in [3.05, 3.63) is 36.2 Å². The minimum atomic E-state index is 0.230. The molecule has 0 saturated carbocycles. The number of aromatic amines is 1. The first-order valence-corrected chi connectivity index (χ1v) is 7.45. The van der Waals surface area contributed by atoms with Crippen molar-refractivity contribution in [2.24, 2.45) is 5.84 Å². The topological polar surface area (TPSA) is 92.5 Å². The van der Waals surface area contributed by atoms with E-state index in [1.165, 1.54) is 11.8 Å². The predicted octanol–water partition coefficient (Wildman–Crippen LogP) is 2.91. The Balaban J connectivity index is 1.94. The van der Waals surface area contributed by atoms with E-state index in [2.05, 4.69) is 25.4 Å². The lowest BCUT2D eigenvalue weighted by Gasteiger charge is -2.08. The van der Waals surface area contributed by atoms with Crippen molar-refractivity contribution < 1.29 is 0 Å². The van der Waals surface area contributed by atoms with Crippen LogP contribution in [0.3, 0.4) is 0 Å². The molecule has 0 spiro atoms. The van der Waals surface area contributed by atoms with Gasteiger partial charge in [0, 0.05) is 12.0 Å². The van der Waals surface area contributed by atoms with E-state index in [1.54, 1.807) is 0 Å². The molecule has 1 aromatic carbocycles. The van der Waals surface area contributed by atoms with E-state index in [-0.39, 0.29) is 5.92 Å². The van der Waals surface area contributed by atoms with Gasteiger partial charge < -0.3 is 10.4 Å². The number of hydrazine groups is 1. The summed E-state index contributed by atoms with van der Waals surface area (Å²) in [5.74, 6) is 7.06. The monoisotopic (exact) mass is 300 g/mol. The summed E-state index contributed by atoms with van der Waals surface area (Å²) in [6.45, 7) is 4.09. The van der Waals surface area contributed by atoms with Gasteiger partial charge in [-0.05, 0) is 23.9 Å². The van der Waals surface area contributed by atoms with Gasteiger partial charge in [0.1, 0.15) is 16.7 Å². The molecular formula is C14H16N6S. The van der Waals surface area contributed by atoms with E-state index in [1.807, 2.05) is 44.2 Å². The van der Waals surface area contributed by atoms with Crippen LogP contribution in [0, 0.1) is 0 Å². The Hall–Kier alpha value is -2.12. The Morgan fingerprint density at radius 2 is 2.00 bits per heavy atom. The highest BCUT2D eigenvalue weighted by atomic mass is 32.2. The molecule has 108 valence electrons. The molecule has 0 fully saturated rings. The van der Waals surface area contributed by atoms with Gasteiger partial charge in [0.25, 0.3) is 0 Å². The lowest BCUT2D eigenvalue weighted by molar-refractivity contribution is 0.754. The summed E-state index contributed by atoms with van der Waals surface area (Å²) in [5.41, 5.74) is 4.53. The zero-order valence-corrected chi connectivity index (χ0v) is 12.6. The third kappa shape index (κ3) is 2.98. The normalized spacial score (nSPS) is 11.2. The van der Waals surface area contributed by atoms with Crippen molar-refractivity contribution >= 4 is 28.6 Å². The average molecular weight is 300 g/mol. The molecule has 0 saturated heterocycles. The van der Waals surface area contributed by atoms with E-state index in [9.17, 15) is 0 Å². The van der Waals surface area contributed by atoms with Gasteiger partial charge in [-0.15, -0.1) is 0 Å². The number of fused-ring (bicyclic) bond motifs is 1. The van der Waals surface area contributed by atoms with E-state index >= 15 is 0 Å². The van der Waals surface area contributed by atoms with Gasteiger partial charge in [-0.25, -0.2) is 20.8 Å². The number of rotatable bonds is 4. The van der Waals surface area contributed by atoms with Crippen LogP contribution in [0.15, 0.2) is 40.5 Å². The first-order chi connectivity index (χ1) is 10.2. The van der Waals surface area contributed by atoms with Gasteiger partial charge in [-0.3, -0.25) is 0 Å². The van der Waals surface area contributed by atoms with Crippen molar-refractivity contribution in [2.75, 3.05) is 5.43 Å². The number of nitrogens with zero attached hydrogens (tertiary/aromatic N) is 3. The van der Waals surface area contributed by atoms with Crippen molar-refractivity contribution in [2.45, 2.75) is 29.9 Å². The van der Waals surface area contributed by atoms with Crippen LogP contribution in [-0.2, 0) is 0 Å². The Kier molecular flexibility index (Phi) is 3.76. The van der Waals surface area contributed by atoms with Gasteiger partial charge >= 0.3 is 0 Å². The van der Waals surface area contributed by atoms with Crippen LogP contribution in [0.5, 0.6) is 0 Å². The molecule has 3 rings (SSSR count). The number of nitrogen functional groups attached to an aromatic ring is 1. The zero-order chi connectivity index (χ0) is 14.8. The molecule has 0 aliphatic rings. The maximum Gasteiger partial charge on any atom is 0.172 e. The Morgan fingerprint density at radius 1 is 1.19 bits per heavy atom. The summed E-state index contributed by atoms with van der Waals surface area (Å²) in [6, 6.07) is 9.73. The molecule has 4 N–H and O–H groups in total. The molecule has 0 aliphatic heterocycles. The minimum absolute atomic E-state index is 0.230. The molecule has 0 aliphatic carbocycles. The summed E-state index contributed by atoms with van der Waals surface area (Å²) in [5, 5.41) is 1.60. The summed E-state index contributed by atoms with van der Waals surface area (Å²) >= 11 is 1.46. The SMILES string of the molecule is CC(C)c1nc(NN)cc(Sc2nc3ccccc3[nH]2)n1. The number of para-hydroxylation sites is 2. The highest BCUT2D eigenvalue weighted by molar-refractivity contribution is 7.99. The largest absolute Gasteiger partial charge is 0.333 e. The highest BCUT2D eigenvalue weighted by Gasteiger charge is 2.11. The number of anilines is 1. The standard InChI is InChI=1S/C14H16N6S/c1-8(2)13-18-11(20-15)7-12(19-13)21-14-16-9-5-3-4-6-10(9)17-14/h3-8H,15H2,1-2H3,(H,16,17)(H,18,19,20). The molecular weight excluding hydrogens is 284 g/mol. The average Bonchev–Trinajstić information content (AvgIpc) is 2.88. The zero-order valence-electron chi connectivity index (χ0n) is 11.8. The maximum atomic E-state index is 5.47. The first kappa shape index (κ1) is 13.8. The molecule has 7 heteroatoms. The molecule has 3 aromatic rings. The van der Waals surface area contributed by atoms with E-state index in [4.69, 9.17) is 5.84 Å². The third-order valence-corrected chi connectivity index (χ3v) is 3.76. The Labute approximate surface area is 126 Å². The summed E-state index contributed by atoms with van der Waals surface area (Å²) in [7, 11) is 0. The molecule has 21 heavy (non-hydrogen) atoms. The molecule has 2 aromatic heterocycles. The Bertz CT molecular complexity index is 734. The fourth-order valence-corrected chi connectivity index (χ4v) is 2.72. The van der Waals surface area contributed by atoms with Gasteiger partial charge in [0.2, 0.25) is 0 Å². The van der Waals surface area contributed by atoms with E-state index in [0.29, 0.717) is 5.82 Å². The van der Waals surface area contributed by atoms with Gasteiger partial charge in [0.15, 0.2) is 5.16 Å². The minimum Gasteiger partial charge on any atom is -0.333 e. The molecule has 6 nitrogen and oxygen atoms in total. The highest BCUT2D eigenvalue weighted by Crippen LogP contribution is 2.28. The molecule has 0 amide bonds. The lowest BCUT2D eigenvalue weighted by atomic mass is 10.2. The van der Waals surface area contributed by atoms with E-state index < -0.39 is 0 Å². The summed E-state index contributed by atoms with van der Waals surface area (Å²) < 4.78 is 0. The van der Waals surface area contributed by atoms with E-state index in [0.717, 1.165) is 27.0 Å². The fourth-order valence-electron chi connectivity index (χ4n) is 1.90. The smallest absolute Gasteiger partial charge is 0.172 e. The van der Waals surface area contributed by atoms with Crippen LogP contribution >= 0.6 is 11.8 Å². The second kappa shape index (κ2) is 5.71. The first-order valence-electron chi connectivity index (χ1n) is 6.64. The number of hydrogen-bond donors (Lipinski definition) is 3. The van der Waals surface area contributed by atoms with Crippen LogP contribution in [-0.4, -0.2) is 19.9 Å². The van der Waals surface area contributed by atoms with Crippen LogP contribution in [0.25, 0.3) is 11.0 Å². The van der Waals surface area contributed by atoms with Crippen LogP contribution in [0.2, 0.25) is 0 Å². The predicted molar refractivity (Wildman–Crippen MR) is 84.1 cm³/mol. The van der Waals surface area contributed by atoms with Crippen molar-refractivity contribution in [1.82, 2.24) is 19.9 Å². The van der Waals surface area contributed by atoms with Crippen LogP contribution < -0.4 is 11.3 Å². The number of aromatic nitrogens is 4. The quantitative estimate of drug-likeness (QED) is 0.390. The molecule has 0 unspecified atom stereocenters.